The van der Waals surface area contributed by atoms with Crippen LogP contribution in [0.15, 0.2) is 10.9 Å². The van der Waals surface area contributed by atoms with Crippen molar-refractivity contribution >= 4 is 0 Å². The summed E-state index contributed by atoms with van der Waals surface area (Å²) in [6.07, 6.45) is -8.64. The Morgan fingerprint density at radius 1 is 1.38 bits per heavy atom. The highest BCUT2D eigenvalue weighted by Gasteiger charge is 2.39. The molecular formula is C8H6F5NO2. The molecule has 0 spiro atoms. The summed E-state index contributed by atoms with van der Waals surface area (Å²) in [5.74, 6) is 0. The lowest BCUT2D eigenvalue weighted by Gasteiger charge is -2.12. The number of pyridine rings is 1. The van der Waals surface area contributed by atoms with E-state index < -0.39 is 41.6 Å². The molecule has 1 rings (SSSR count). The van der Waals surface area contributed by atoms with Gasteiger partial charge in [0.15, 0.2) is 5.43 Å². The second kappa shape index (κ2) is 4.20. The van der Waals surface area contributed by atoms with Gasteiger partial charge >= 0.3 is 6.18 Å². The van der Waals surface area contributed by atoms with Crippen LogP contribution >= 0.6 is 0 Å². The zero-order valence-electron chi connectivity index (χ0n) is 7.61. The Bertz CT molecular complexity index is 437. The van der Waals surface area contributed by atoms with E-state index in [2.05, 4.69) is 0 Å². The molecule has 0 saturated heterocycles. The maximum atomic E-state index is 12.3. The van der Waals surface area contributed by atoms with E-state index in [9.17, 15) is 26.7 Å². The van der Waals surface area contributed by atoms with E-state index in [1.807, 2.05) is 0 Å². The molecule has 1 aromatic rings. The summed E-state index contributed by atoms with van der Waals surface area (Å²) in [6, 6.07) is 0.439. The first-order chi connectivity index (χ1) is 7.27. The van der Waals surface area contributed by atoms with Crippen molar-refractivity contribution in [2.45, 2.75) is 19.2 Å². The third-order valence-electron chi connectivity index (χ3n) is 1.79. The highest BCUT2D eigenvalue weighted by atomic mass is 19.4. The van der Waals surface area contributed by atoms with Gasteiger partial charge in [-0.15, -0.1) is 0 Å². The number of aromatic nitrogens is 1. The highest BCUT2D eigenvalue weighted by molar-refractivity contribution is 5.26. The first-order valence-electron chi connectivity index (χ1n) is 3.99. The molecule has 1 heterocycles. The summed E-state index contributed by atoms with van der Waals surface area (Å²) in [5.41, 5.74) is -5.44. The van der Waals surface area contributed by atoms with Crippen LogP contribution < -0.4 is 5.43 Å². The molecule has 8 heteroatoms. The van der Waals surface area contributed by atoms with E-state index in [1.54, 1.807) is 4.98 Å². The Kier molecular flexibility index (Phi) is 3.32. The van der Waals surface area contributed by atoms with Crippen LogP contribution in [0.3, 0.4) is 0 Å². The molecule has 2 N–H and O–H groups in total. The van der Waals surface area contributed by atoms with E-state index in [0.29, 0.717) is 6.07 Å². The molecule has 0 aliphatic carbocycles. The van der Waals surface area contributed by atoms with Gasteiger partial charge in [0.1, 0.15) is 5.56 Å². The van der Waals surface area contributed by atoms with Gasteiger partial charge in [0.05, 0.1) is 12.3 Å². The van der Waals surface area contributed by atoms with Crippen LogP contribution in [0, 0.1) is 0 Å². The minimum absolute atomic E-state index is 0.395. The van der Waals surface area contributed by atoms with Crippen molar-refractivity contribution in [3.05, 3.63) is 33.2 Å². The van der Waals surface area contributed by atoms with Crippen LogP contribution in [-0.2, 0) is 12.8 Å². The van der Waals surface area contributed by atoms with Gasteiger partial charge in [-0.05, 0) is 0 Å². The van der Waals surface area contributed by atoms with E-state index in [-0.39, 0.29) is 0 Å². The predicted octanol–water partition coefficient (Wildman–Crippen LogP) is 1.82. The maximum Gasteiger partial charge on any atom is 0.422 e. The summed E-state index contributed by atoms with van der Waals surface area (Å²) in [7, 11) is 0. The average molecular weight is 243 g/mol. The van der Waals surface area contributed by atoms with E-state index in [0.717, 1.165) is 0 Å². The van der Waals surface area contributed by atoms with Gasteiger partial charge in [0, 0.05) is 11.8 Å². The second-order valence-corrected chi connectivity index (χ2v) is 2.90. The van der Waals surface area contributed by atoms with E-state index in [4.69, 9.17) is 5.11 Å². The zero-order chi connectivity index (χ0) is 12.5. The van der Waals surface area contributed by atoms with Crippen LogP contribution in [0.5, 0.6) is 0 Å². The number of halogens is 5. The third kappa shape index (κ3) is 2.38. The van der Waals surface area contributed by atoms with Crippen LogP contribution in [0.2, 0.25) is 0 Å². The summed E-state index contributed by atoms with van der Waals surface area (Å²) >= 11 is 0. The van der Waals surface area contributed by atoms with Crippen LogP contribution in [-0.4, -0.2) is 10.1 Å². The average Bonchev–Trinajstić information content (AvgIpc) is 2.14. The zero-order valence-corrected chi connectivity index (χ0v) is 7.61. The van der Waals surface area contributed by atoms with Crippen molar-refractivity contribution in [2.24, 2.45) is 0 Å². The summed E-state index contributed by atoms with van der Waals surface area (Å²) in [6.45, 7) is -0.826. The van der Waals surface area contributed by atoms with Crippen LogP contribution in [0.25, 0.3) is 0 Å². The number of aromatic amines is 1. The maximum absolute atomic E-state index is 12.3. The summed E-state index contributed by atoms with van der Waals surface area (Å²) in [4.78, 5) is 12.7. The highest BCUT2D eigenvalue weighted by Crippen LogP contribution is 2.32. The lowest BCUT2D eigenvalue weighted by Crippen LogP contribution is -2.24. The van der Waals surface area contributed by atoms with Crippen molar-refractivity contribution in [3.8, 4) is 0 Å². The van der Waals surface area contributed by atoms with Crippen molar-refractivity contribution < 1.29 is 27.1 Å². The van der Waals surface area contributed by atoms with Crippen LogP contribution in [0.4, 0.5) is 22.0 Å². The fourth-order valence-electron chi connectivity index (χ4n) is 1.18. The third-order valence-corrected chi connectivity index (χ3v) is 1.79. The molecule has 0 unspecified atom stereocenters. The molecule has 16 heavy (non-hydrogen) atoms. The minimum Gasteiger partial charge on any atom is -0.390 e. The van der Waals surface area contributed by atoms with Crippen molar-refractivity contribution in [3.63, 3.8) is 0 Å². The normalized spacial score (nSPS) is 12.2. The van der Waals surface area contributed by atoms with Crippen LogP contribution in [0.1, 0.15) is 23.4 Å². The van der Waals surface area contributed by atoms with Crippen molar-refractivity contribution in [1.29, 1.82) is 0 Å². The molecule has 0 atom stereocenters. The van der Waals surface area contributed by atoms with E-state index >= 15 is 0 Å². The molecule has 0 aliphatic rings. The topological polar surface area (TPSA) is 53.1 Å². The smallest absolute Gasteiger partial charge is 0.390 e. The van der Waals surface area contributed by atoms with E-state index in [1.165, 1.54) is 0 Å². The number of aliphatic hydroxyl groups is 1. The second-order valence-electron chi connectivity index (χ2n) is 2.90. The van der Waals surface area contributed by atoms with Crippen molar-refractivity contribution in [2.75, 3.05) is 0 Å². The molecule has 0 fully saturated rings. The van der Waals surface area contributed by atoms with Gasteiger partial charge < -0.3 is 10.1 Å². The van der Waals surface area contributed by atoms with Crippen molar-refractivity contribution in [1.82, 2.24) is 4.98 Å². The fraction of sp³-hybridized carbons (Fsp3) is 0.375. The van der Waals surface area contributed by atoms with Gasteiger partial charge in [-0.25, -0.2) is 8.78 Å². The number of hydrogen-bond donors (Lipinski definition) is 2. The van der Waals surface area contributed by atoms with Gasteiger partial charge in [-0.3, -0.25) is 4.79 Å². The predicted molar refractivity (Wildman–Crippen MR) is 42.9 cm³/mol. The SMILES string of the molecule is O=c1cc(CO)[nH]c(C(F)F)c1C(F)(F)F. The minimum atomic E-state index is -5.16. The first kappa shape index (κ1) is 12.6. The largest absolute Gasteiger partial charge is 0.422 e. The first-order valence-corrected chi connectivity index (χ1v) is 3.99. The molecule has 0 amide bonds. The number of alkyl halides is 5. The molecule has 0 bridgehead atoms. The Labute approximate surface area is 85.5 Å². The fourth-order valence-corrected chi connectivity index (χ4v) is 1.18. The molecule has 0 aliphatic heterocycles. The number of rotatable bonds is 2. The monoisotopic (exact) mass is 243 g/mol. The Hall–Kier alpha value is -1.44. The van der Waals surface area contributed by atoms with Gasteiger partial charge in [0.25, 0.3) is 6.43 Å². The molecule has 90 valence electrons. The number of hydrogen-bond acceptors (Lipinski definition) is 2. The molecule has 0 radical (unpaired) electrons. The molecule has 0 saturated carbocycles. The number of H-pyrrole nitrogens is 1. The van der Waals surface area contributed by atoms with Gasteiger partial charge in [-0.1, -0.05) is 0 Å². The molecule has 3 nitrogen and oxygen atoms in total. The van der Waals surface area contributed by atoms with Gasteiger partial charge in [0.2, 0.25) is 0 Å². The number of aliphatic hydroxyl groups excluding tert-OH is 1. The lowest BCUT2D eigenvalue weighted by atomic mass is 10.1. The number of nitrogens with one attached hydrogen (secondary N) is 1. The summed E-state index contributed by atoms with van der Waals surface area (Å²) < 4.78 is 61.5. The lowest BCUT2D eigenvalue weighted by molar-refractivity contribution is -0.140. The Morgan fingerprint density at radius 2 is 1.94 bits per heavy atom. The quantitative estimate of drug-likeness (QED) is 0.778. The standard InChI is InChI=1S/C8H6F5NO2/c9-7(10)6-5(8(11,12)13)4(16)1-3(2-15)14-6/h1,7,15H,2H2,(H,14,16). The van der Waals surface area contributed by atoms with Gasteiger partial charge in [-0.2, -0.15) is 13.2 Å². The Morgan fingerprint density at radius 3 is 2.31 bits per heavy atom. The molecule has 0 aromatic carbocycles. The molecular weight excluding hydrogens is 237 g/mol. The molecule has 1 aromatic heterocycles. The Balaban J connectivity index is 3.53. The summed E-state index contributed by atoms with van der Waals surface area (Å²) in [5, 5.41) is 8.57.